The van der Waals surface area contributed by atoms with Crippen molar-refractivity contribution in [2.24, 2.45) is 0 Å². The van der Waals surface area contributed by atoms with Crippen LogP contribution in [0.25, 0.3) is 11.2 Å². The van der Waals surface area contributed by atoms with Crippen LogP contribution in [-0.4, -0.2) is 31.7 Å². The molecule has 2 N–H and O–H groups in total. The summed E-state index contributed by atoms with van der Waals surface area (Å²) in [6.07, 6.45) is 0.484. The molecule has 0 bridgehead atoms. The van der Waals surface area contributed by atoms with E-state index in [2.05, 4.69) is 169 Å². The first-order valence-corrected chi connectivity index (χ1v) is 19.8. The van der Waals surface area contributed by atoms with Crippen molar-refractivity contribution in [2.45, 2.75) is 23.4 Å². The van der Waals surface area contributed by atoms with Gasteiger partial charge in [-0.1, -0.05) is 218 Å². The quantitative estimate of drug-likeness (QED) is 0.115. The Kier molecular flexibility index (Phi) is 10.2. The minimum Gasteiger partial charge on any atom is -0.396 e. The molecule has 282 valence electrons. The monoisotopic (exact) mass is 753 g/mol. The van der Waals surface area contributed by atoms with Crippen LogP contribution in [0.15, 0.2) is 218 Å². The van der Waals surface area contributed by atoms with Gasteiger partial charge < -0.3 is 10.4 Å². The summed E-state index contributed by atoms with van der Waals surface area (Å²) in [6, 6.07) is 75.6. The lowest BCUT2D eigenvalue weighted by atomic mass is 9.76. The smallest absolute Gasteiger partial charge is 0.182 e. The van der Waals surface area contributed by atoms with Crippen molar-refractivity contribution in [1.29, 1.82) is 0 Å². The molecular weight excluding hydrogens is 711 g/mol. The standard InChI is InChI=1S/C52H43N5O/c58-37-36-46(39-22-8-1-9-23-39)47-38-48(54-51(40-24-10-2-11-25-40,41-26-12-3-13-27-41)42-28-14-4-15-29-42)53-50-49(47)55-56-57(50)52(43-30-16-5-17-31-43,44-32-18-6-19-33-44)45-34-20-7-21-35-45/h1-35,38,46,58H,36-37H2,(H,53,54). The molecule has 0 amide bonds. The number of aliphatic hydroxyl groups is 1. The first-order chi connectivity index (χ1) is 28.7. The minimum absolute atomic E-state index is 0.00968. The third kappa shape index (κ3) is 6.43. The van der Waals surface area contributed by atoms with Crippen LogP contribution >= 0.6 is 0 Å². The van der Waals surface area contributed by atoms with E-state index in [1.165, 1.54) is 0 Å². The molecule has 0 spiro atoms. The van der Waals surface area contributed by atoms with Crippen LogP contribution in [-0.2, 0) is 11.1 Å². The molecule has 0 aliphatic heterocycles. The molecule has 0 aliphatic carbocycles. The van der Waals surface area contributed by atoms with Crippen LogP contribution in [0, 0.1) is 0 Å². The number of rotatable bonds is 13. The van der Waals surface area contributed by atoms with Crippen molar-refractivity contribution in [1.82, 2.24) is 20.0 Å². The third-order valence-electron chi connectivity index (χ3n) is 11.3. The van der Waals surface area contributed by atoms with Gasteiger partial charge in [-0.3, -0.25) is 0 Å². The van der Waals surface area contributed by atoms with Crippen LogP contribution in [0.2, 0.25) is 0 Å². The molecule has 0 aliphatic rings. The van der Waals surface area contributed by atoms with Gasteiger partial charge in [-0.15, -0.1) is 5.10 Å². The van der Waals surface area contributed by atoms with Gasteiger partial charge in [-0.05, 0) is 57.0 Å². The number of aromatic nitrogens is 4. The Balaban J connectivity index is 1.40. The van der Waals surface area contributed by atoms with Crippen LogP contribution in [0.4, 0.5) is 5.82 Å². The zero-order valence-electron chi connectivity index (χ0n) is 32.0. The van der Waals surface area contributed by atoms with Gasteiger partial charge in [0, 0.05) is 12.5 Å². The number of pyridine rings is 1. The molecule has 6 nitrogen and oxygen atoms in total. The van der Waals surface area contributed by atoms with Gasteiger partial charge in [0.25, 0.3) is 0 Å². The summed E-state index contributed by atoms with van der Waals surface area (Å²) < 4.78 is 2.01. The van der Waals surface area contributed by atoms with Gasteiger partial charge in [0.15, 0.2) is 5.65 Å². The van der Waals surface area contributed by atoms with Crippen molar-refractivity contribution in [3.8, 4) is 0 Å². The van der Waals surface area contributed by atoms with Gasteiger partial charge in [-0.25, -0.2) is 9.67 Å². The van der Waals surface area contributed by atoms with Gasteiger partial charge >= 0.3 is 0 Å². The van der Waals surface area contributed by atoms with Gasteiger partial charge in [0.2, 0.25) is 0 Å². The first-order valence-electron chi connectivity index (χ1n) is 19.8. The van der Waals surface area contributed by atoms with Gasteiger partial charge in [0.1, 0.15) is 22.4 Å². The zero-order valence-corrected chi connectivity index (χ0v) is 32.0. The first kappa shape index (κ1) is 36.5. The number of benzene rings is 7. The highest BCUT2D eigenvalue weighted by molar-refractivity contribution is 5.80. The van der Waals surface area contributed by atoms with E-state index in [0.717, 1.165) is 44.5 Å². The highest BCUT2D eigenvalue weighted by Crippen LogP contribution is 2.45. The van der Waals surface area contributed by atoms with Crippen molar-refractivity contribution in [3.05, 3.63) is 263 Å². The molecule has 9 rings (SSSR count). The van der Waals surface area contributed by atoms with Crippen molar-refractivity contribution in [2.75, 3.05) is 11.9 Å². The van der Waals surface area contributed by atoms with E-state index >= 15 is 0 Å². The number of fused-ring (bicyclic) bond motifs is 1. The third-order valence-corrected chi connectivity index (χ3v) is 11.3. The second kappa shape index (κ2) is 16.1. The van der Waals surface area contributed by atoms with E-state index in [4.69, 9.17) is 15.3 Å². The average Bonchev–Trinajstić information content (AvgIpc) is 3.74. The lowest BCUT2D eigenvalue weighted by molar-refractivity contribution is 0.282. The molecule has 1 atom stereocenters. The predicted octanol–water partition coefficient (Wildman–Crippen LogP) is 10.6. The molecular formula is C52H43N5O. The number of hydrogen-bond acceptors (Lipinski definition) is 5. The van der Waals surface area contributed by atoms with E-state index in [-0.39, 0.29) is 12.5 Å². The fraction of sp³-hybridized carbons (Fsp3) is 0.0962. The molecule has 2 aromatic heterocycles. The second-order valence-corrected chi connectivity index (χ2v) is 14.5. The topological polar surface area (TPSA) is 75.9 Å². The number of nitrogens with zero attached hydrogens (tertiary/aromatic N) is 4. The SMILES string of the molecule is OCCC(c1ccccc1)c1cc(NC(c2ccccc2)(c2ccccc2)c2ccccc2)nc2c1nnn2C(c1ccccc1)(c1ccccc1)c1ccccc1. The second-order valence-electron chi connectivity index (χ2n) is 14.5. The van der Waals surface area contributed by atoms with E-state index in [1.54, 1.807) is 0 Å². The highest BCUT2D eigenvalue weighted by Gasteiger charge is 2.43. The summed E-state index contributed by atoms with van der Waals surface area (Å²) in [7, 11) is 0. The lowest BCUT2D eigenvalue weighted by Crippen LogP contribution is -2.39. The Hall–Kier alpha value is -7.15. The van der Waals surface area contributed by atoms with E-state index in [0.29, 0.717) is 23.4 Å². The summed E-state index contributed by atoms with van der Waals surface area (Å²) in [4.78, 5) is 5.60. The molecule has 0 radical (unpaired) electrons. The molecule has 0 fully saturated rings. The fourth-order valence-corrected chi connectivity index (χ4v) is 8.68. The Morgan fingerprint density at radius 3 is 1.28 bits per heavy atom. The molecule has 0 saturated heterocycles. The molecule has 2 heterocycles. The molecule has 0 saturated carbocycles. The Morgan fingerprint density at radius 1 is 0.500 bits per heavy atom. The Morgan fingerprint density at radius 2 is 0.879 bits per heavy atom. The van der Waals surface area contributed by atoms with Crippen LogP contribution in [0.5, 0.6) is 0 Å². The highest BCUT2D eigenvalue weighted by atomic mass is 16.3. The summed E-state index contributed by atoms with van der Waals surface area (Å²) in [5.41, 5.74) is 7.69. The lowest BCUT2D eigenvalue weighted by Gasteiger charge is -2.38. The Bertz CT molecular complexity index is 2500. The molecule has 58 heavy (non-hydrogen) atoms. The van der Waals surface area contributed by atoms with Gasteiger partial charge in [-0.2, -0.15) is 0 Å². The van der Waals surface area contributed by atoms with Crippen LogP contribution in [0.1, 0.15) is 56.8 Å². The predicted molar refractivity (Wildman–Crippen MR) is 233 cm³/mol. The molecule has 6 heteroatoms. The maximum absolute atomic E-state index is 10.6. The molecule has 9 aromatic rings. The van der Waals surface area contributed by atoms with Crippen LogP contribution in [0.3, 0.4) is 0 Å². The molecule has 1 unspecified atom stereocenters. The maximum Gasteiger partial charge on any atom is 0.182 e. The fourth-order valence-electron chi connectivity index (χ4n) is 8.68. The minimum atomic E-state index is -0.962. The number of anilines is 1. The Labute approximate surface area is 339 Å². The summed E-state index contributed by atoms with van der Waals surface area (Å²) in [5, 5.41) is 24.9. The van der Waals surface area contributed by atoms with E-state index in [9.17, 15) is 5.11 Å². The maximum atomic E-state index is 10.6. The summed E-state index contributed by atoms with van der Waals surface area (Å²) in [5.74, 6) is 0.436. The number of nitrogens with one attached hydrogen (secondary N) is 1. The largest absolute Gasteiger partial charge is 0.396 e. The average molecular weight is 754 g/mol. The number of hydrogen-bond donors (Lipinski definition) is 2. The zero-order chi connectivity index (χ0) is 39.2. The normalized spacial score (nSPS) is 12.3. The van der Waals surface area contributed by atoms with Crippen molar-refractivity contribution >= 4 is 17.0 Å². The summed E-state index contributed by atoms with van der Waals surface area (Å²) in [6.45, 7) is -0.00968. The summed E-state index contributed by atoms with van der Waals surface area (Å²) >= 11 is 0. The van der Waals surface area contributed by atoms with E-state index < -0.39 is 11.1 Å². The van der Waals surface area contributed by atoms with Crippen molar-refractivity contribution < 1.29 is 5.11 Å². The van der Waals surface area contributed by atoms with E-state index in [1.807, 2.05) is 59.3 Å². The van der Waals surface area contributed by atoms with Gasteiger partial charge in [0.05, 0.1) is 0 Å². The van der Waals surface area contributed by atoms with Crippen molar-refractivity contribution in [3.63, 3.8) is 0 Å². The van der Waals surface area contributed by atoms with Crippen LogP contribution < -0.4 is 5.32 Å². The number of aliphatic hydroxyl groups excluding tert-OH is 1. The molecule has 7 aromatic carbocycles.